The molecule has 1 aliphatic rings. The van der Waals surface area contributed by atoms with Crippen LogP contribution in [0.2, 0.25) is 0 Å². The number of Topliss-reactive ketones (excluding diaryl/α,β-unsaturated/α-hetero) is 1. The summed E-state index contributed by atoms with van der Waals surface area (Å²) in [5, 5.41) is 2.66. The predicted molar refractivity (Wildman–Crippen MR) is 71.0 cm³/mol. The van der Waals surface area contributed by atoms with E-state index in [2.05, 4.69) is 5.32 Å². The molecule has 0 spiro atoms. The van der Waals surface area contributed by atoms with Crippen LogP contribution in [0.4, 0.5) is 0 Å². The molecule has 1 amide bonds. The molecule has 1 aromatic rings. The molecule has 0 saturated heterocycles. The molecule has 0 fully saturated rings. The van der Waals surface area contributed by atoms with Crippen molar-refractivity contribution in [2.75, 3.05) is 6.54 Å². The molecule has 0 aromatic heterocycles. The number of ketones is 2. The van der Waals surface area contributed by atoms with Gasteiger partial charge in [-0.15, -0.1) is 0 Å². The molecule has 19 heavy (non-hydrogen) atoms. The summed E-state index contributed by atoms with van der Waals surface area (Å²) in [5.74, 6) is -0.621. The maximum atomic E-state index is 12.3. The van der Waals surface area contributed by atoms with Crippen LogP contribution in [0.15, 0.2) is 35.9 Å². The van der Waals surface area contributed by atoms with E-state index in [0.717, 1.165) is 0 Å². The second-order valence-corrected chi connectivity index (χ2v) is 4.68. The van der Waals surface area contributed by atoms with Crippen LogP contribution in [0.25, 0.3) is 0 Å². The Morgan fingerprint density at radius 3 is 2.47 bits per heavy atom. The lowest BCUT2D eigenvalue weighted by Crippen LogP contribution is -2.30. The zero-order valence-corrected chi connectivity index (χ0v) is 10.9. The number of amides is 1. The van der Waals surface area contributed by atoms with Gasteiger partial charge in [0.15, 0.2) is 11.6 Å². The van der Waals surface area contributed by atoms with Crippen LogP contribution in [0, 0.1) is 5.92 Å². The summed E-state index contributed by atoms with van der Waals surface area (Å²) in [7, 11) is 0. The van der Waals surface area contributed by atoms with Gasteiger partial charge >= 0.3 is 0 Å². The third kappa shape index (κ3) is 2.62. The van der Waals surface area contributed by atoms with Gasteiger partial charge in [0.1, 0.15) is 0 Å². The molecule has 98 valence electrons. The largest absolute Gasteiger partial charge is 0.356 e. The van der Waals surface area contributed by atoms with Crippen molar-refractivity contribution < 1.29 is 14.4 Å². The minimum absolute atomic E-state index is 0.131. The molecule has 4 nitrogen and oxygen atoms in total. The first-order valence-electron chi connectivity index (χ1n) is 6.14. The molecule has 0 bridgehead atoms. The van der Waals surface area contributed by atoms with Crippen molar-refractivity contribution in [3.63, 3.8) is 0 Å². The van der Waals surface area contributed by atoms with Crippen molar-refractivity contribution in [3.8, 4) is 0 Å². The monoisotopic (exact) mass is 257 g/mol. The average Bonchev–Trinajstić information content (AvgIpc) is 2.40. The third-order valence-electron chi connectivity index (χ3n) is 3.17. The minimum atomic E-state index is -0.186. The molecule has 1 N–H and O–H groups in total. The zero-order chi connectivity index (χ0) is 14.0. The summed E-state index contributed by atoms with van der Waals surface area (Å²) in [5.41, 5.74) is 1.35. The van der Waals surface area contributed by atoms with Crippen molar-refractivity contribution in [1.29, 1.82) is 0 Å². The van der Waals surface area contributed by atoms with E-state index in [9.17, 15) is 14.4 Å². The smallest absolute Gasteiger partial charge is 0.216 e. The molecule has 0 heterocycles. The molecular formula is C15H15NO3. The molecule has 0 aliphatic heterocycles. The lowest BCUT2D eigenvalue weighted by Gasteiger charge is -2.20. The number of nitrogens with one attached hydrogen (secondary N) is 1. The van der Waals surface area contributed by atoms with Gasteiger partial charge in [0.25, 0.3) is 0 Å². The zero-order valence-electron chi connectivity index (χ0n) is 10.9. The fourth-order valence-electron chi connectivity index (χ4n) is 2.11. The van der Waals surface area contributed by atoms with Crippen LogP contribution in [0.1, 0.15) is 34.6 Å². The highest BCUT2D eigenvalue weighted by atomic mass is 16.1. The van der Waals surface area contributed by atoms with Gasteiger partial charge in [-0.05, 0) is 6.08 Å². The van der Waals surface area contributed by atoms with Crippen LogP contribution in [0.5, 0.6) is 0 Å². The lowest BCUT2D eigenvalue weighted by molar-refractivity contribution is -0.119. The van der Waals surface area contributed by atoms with E-state index in [4.69, 9.17) is 0 Å². The highest BCUT2D eigenvalue weighted by Crippen LogP contribution is 2.25. The number of carbonyl (C=O) groups is 3. The number of hydrogen-bond donors (Lipinski definition) is 1. The summed E-state index contributed by atoms with van der Waals surface area (Å²) >= 11 is 0. The summed E-state index contributed by atoms with van der Waals surface area (Å²) in [6, 6.07) is 6.80. The molecule has 1 aromatic carbocycles. The Balaban J connectivity index is 2.27. The van der Waals surface area contributed by atoms with Crippen molar-refractivity contribution in [2.45, 2.75) is 13.8 Å². The molecule has 1 aliphatic carbocycles. The van der Waals surface area contributed by atoms with E-state index in [1.54, 1.807) is 24.3 Å². The quantitative estimate of drug-likeness (QED) is 0.897. The topological polar surface area (TPSA) is 63.2 Å². The van der Waals surface area contributed by atoms with Crippen molar-refractivity contribution in [1.82, 2.24) is 5.32 Å². The van der Waals surface area contributed by atoms with Crippen LogP contribution in [-0.4, -0.2) is 24.0 Å². The molecular weight excluding hydrogens is 242 g/mol. The highest BCUT2D eigenvalue weighted by Gasteiger charge is 2.27. The average molecular weight is 257 g/mol. The Hall–Kier alpha value is -2.23. The Kier molecular flexibility index (Phi) is 3.60. The molecule has 2 rings (SSSR count). The first-order valence-corrected chi connectivity index (χ1v) is 6.14. The van der Waals surface area contributed by atoms with Gasteiger partial charge in [0, 0.05) is 36.1 Å². The number of allylic oxidation sites excluding steroid dienone is 1. The van der Waals surface area contributed by atoms with Crippen LogP contribution < -0.4 is 5.32 Å². The van der Waals surface area contributed by atoms with E-state index >= 15 is 0 Å². The Bertz CT molecular complexity index is 587. The molecule has 0 saturated carbocycles. The second kappa shape index (κ2) is 5.18. The predicted octanol–water partition coefficient (Wildman–Crippen LogP) is 1.76. The number of carbonyl (C=O) groups excluding carboxylic acids is 3. The summed E-state index contributed by atoms with van der Waals surface area (Å²) in [4.78, 5) is 35.2. The number of hydrogen-bond acceptors (Lipinski definition) is 3. The number of fused-ring (bicyclic) bond motifs is 1. The van der Waals surface area contributed by atoms with Crippen molar-refractivity contribution in [3.05, 3.63) is 47.0 Å². The normalized spacial score (nSPS) is 15.6. The number of benzene rings is 1. The number of rotatable bonds is 3. The Labute approximate surface area is 111 Å². The van der Waals surface area contributed by atoms with Crippen molar-refractivity contribution in [2.24, 2.45) is 5.92 Å². The van der Waals surface area contributed by atoms with Gasteiger partial charge < -0.3 is 5.32 Å². The highest BCUT2D eigenvalue weighted by molar-refractivity contribution is 6.24. The summed E-state index contributed by atoms with van der Waals surface area (Å²) in [6.07, 6.45) is 1.39. The second-order valence-electron chi connectivity index (χ2n) is 4.68. The van der Waals surface area contributed by atoms with Crippen LogP contribution >= 0.6 is 0 Å². The minimum Gasteiger partial charge on any atom is -0.356 e. The fourth-order valence-corrected chi connectivity index (χ4v) is 2.11. The van der Waals surface area contributed by atoms with Crippen LogP contribution in [0.3, 0.4) is 0 Å². The molecule has 4 heteroatoms. The lowest BCUT2D eigenvalue weighted by atomic mass is 9.84. The Morgan fingerprint density at radius 2 is 1.84 bits per heavy atom. The van der Waals surface area contributed by atoms with E-state index in [1.807, 2.05) is 6.92 Å². The van der Waals surface area contributed by atoms with E-state index in [0.29, 0.717) is 23.2 Å². The van der Waals surface area contributed by atoms with E-state index < -0.39 is 0 Å². The molecule has 1 atom stereocenters. The van der Waals surface area contributed by atoms with Gasteiger partial charge in [-0.25, -0.2) is 0 Å². The van der Waals surface area contributed by atoms with Gasteiger partial charge in [0.05, 0.1) is 0 Å². The maximum absolute atomic E-state index is 12.3. The first-order chi connectivity index (χ1) is 9.00. The van der Waals surface area contributed by atoms with Crippen molar-refractivity contribution >= 4 is 17.5 Å². The SMILES string of the molecule is CC(=O)NCC(C)C1=CC(=O)c2ccccc2C1=O. The van der Waals surface area contributed by atoms with Gasteiger partial charge in [0.2, 0.25) is 5.91 Å². The van der Waals surface area contributed by atoms with Gasteiger partial charge in [-0.3, -0.25) is 14.4 Å². The van der Waals surface area contributed by atoms with E-state index in [-0.39, 0.29) is 23.4 Å². The fraction of sp³-hybridized carbons (Fsp3) is 0.267. The summed E-state index contributed by atoms with van der Waals surface area (Å²) in [6.45, 7) is 3.59. The Morgan fingerprint density at radius 1 is 1.21 bits per heavy atom. The molecule has 1 unspecified atom stereocenters. The van der Waals surface area contributed by atoms with E-state index in [1.165, 1.54) is 13.0 Å². The standard InChI is InChI=1S/C15H15NO3/c1-9(8-16-10(2)17)13-7-14(18)11-5-3-4-6-12(11)15(13)19/h3-7,9H,8H2,1-2H3,(H,16,17). The maximum Gasteiger partial charge on any atom is 0.216 e. The third-order valence-corrected chi connectivity index (χ3v) is 3.17. The van der Waals surface area contributed by atoms with Gasteiger partial charge in [-0.2, -0.15) is 0 Å². The first kappa shape index (κ1) is 13.2. The van der Waals surface area contributed by atoms with Crippen LogP contribution in [-0.2, 0) is 4.79 Å². The molecule has 0 radical (unpaired) electrons. The van der Waals surface area contributed by atoms with Gasteiger partial charge in [-0.1, -0.05) is 31.2 Å². The summed E-state index contributed by atoms with van der Waals surface area (Å²) < 4.78 is 0.